The second kappa shape index (κ2) is 3.21. The summed E-state index contributed by atoms with van der Waals surface area (Å²) in [5.41, 5.74) is 8.12. The lowest BCUT2D eigenvalue weighted by molar-refractivity contribution is 0.119. The van der Waals surface area contributed by atoms with Gasteiger partial charge in [-0.3, -0.25) is 10.9 Å². The molecular weight excluding hydrogens is 172 g/mol. The number of hydrogen-bond donors (Lipinski definition) is 2. The zero-order chi connectivity index (χ0) is 9.49. The molecule has 0 aromatic carbocycles. The quantitative estimate of drug-likeness (QED) is 0.618. The molecule has 1 heterocycles. The van der Waals surface area contributed by atoms with Crippen LogP contribution in [0.4, 0.5) is 0 Å². The maximum atomic E-state index is 3.53. The van der Waals surface area contributed by atoms with Crippen LogP contribution in [0.15, 0.2) is 0 Å². The summed E-state index contributed by atoms with van der Waals surface area (Å²) in [5, 5.41) is 0. The summed E-state index contributed by atoms with van der Waals surface area (Å²) in [4.78, 5) is 0. The van der Waals surface area contributed by atoms with Crippen LogP contribution < -0.4 is 10.9 Å². The normalized spacial score (nSPS) is 34.3. The topological polar surface area (TPSA) is 24.1 Å². The molecule has 14 heavy (non-hydrogen) atoms. The molecule has 2 N–H and O–H groups in total. The monoisotopic (exact) mass is 194 g/mol. The van der Waals surface area contributed by atoms with Crippen LogP contribution in [0.3, 0.4) is 0 Å². The van der Waals surface area contributed by atoms with Gasteiger partial charge in [0, 0.05) is 12.1 Å². The second-order valence-corrected chi connectivity index (χ2v) is 5.79. The Bertz CT molecular complexity index is 176. The Morgan fingerprint density at radius 3 is 2.00 bits per heavy atom. The number of rotatable bonds is 0. The molecule has 0 amide bonds. The van der Waals surface area contributed by atoms with Crippen molar-refractivity contribution in [2.24, 2.45) is 5.41 Å². The van der Waals surface area contributed by atoms with E-state index < -0.39 is 0 Å². The number of nitrogens with one attached hydrogen (secondary N) is 2. The second-order valence-electron chi connectivity index (χ2n) is 5.79. The first kappa shape index (κ1) is 9.17. The average Bonchev–Trinajstić information content (AvgIpc) is 2.81. The zero-order valence-electron chi connectivity index (χ0n) is 9.07. The largest absolute Gasteiger partial charge is 0.257 e. The molecule has 0 bridgehead atoms. The maximum Gasteiger partial charge on any atom is 0.0336 e. The molecule has 2 aliphatic carbocycles. The van der Waals surface area contributed by atoms with Gasteiger partial charge in [0.25, 0.3) is 0 Å². The van der Waals surface area contributed by atoms with Crippen molar-refractivity contribution in [2.75, 3.05) is 6.54 Å². The lowest BCUT2D eigenvalue weighted by Crippen LogP contribution is -2.48. The van der Waals surface area contributed by atoms with Crippen LogP contribution in [-0.4, -0.2) is 12.1 Å². The Morgan fingerprint density at radius 2 is 1.43 bits per heavy atom. The highest BCUT2D eigenvalue weighted by Gasteiger charge is 2.44. The minimum Gasteiger partial charge on any atom is -0.257 e. The molecule has 3 fully saturated rings. The van der Waals surface area contributed by atoms with Crippen LogP contribution in [0.2, 0.25) is 0 Å². The van der Waals surface area contributed by atoms with E-state index in [-0.39, 0.29) is 0 Å². The van der Waals surface area contributed by atoms with E-state index in [1.807, 2.05) is 0 Å². The van der Waals surface area contributed by atoms with Gasteiger partial charge in [0.1, 0.15) is 0 Å². The van der Waals surface area contributed by atoms with Crippen LogP contribution in [-0.2, 0) is 0 Å². The smallest absolute Gasteiger partial charge is 0.0336 e. The third-order valence-corrected chi connectivity index (χ3v) is 5.01. The molecule has 2 saturated carbocycles. The van der Waals surface area contributed by atoms with Gasteiger partial charge in [-0.2, -0.15) is 0 Å². The maximum absolute atomic E-state index is 3.53. The first-order valence-corrected chi connectivity index (χ1v) is 6.33. The fraction of sp³-hybridized carbons (Fsp3) is 1.00. The molecule has 2 spiro atoms. The Hall–Kier alpha value is -0.0800. The molecule has 0 unspecified atom stereocenters. The molecule has 3 aliphatic rings. The van der Waals surface area contributed by atoms with Crippen LogP contribution in [0.1, 0.15) is 57.8 Å². The van der Waals surface area contributed by atoms with Crippen molar-refractivity contribution in [3.8, 4) is 0 Å². The van der Waals surface area contributed by atoms with Gasteiger partial charge in [0.15, 0.2) is 0 Å². The van der Waals surface area contributed by atoms with Gasteiger partial charge in [-0.25, -0.2) is 0 Å². The first-order valence-electron chi connectivity index (χ1n) is 6.33. The standard InChI is InChI=1S/C12H22N2/c1-2-4-11(3-1)5-7-12(8-6-11)9-10-13-14-12/h13-14H,1-10H2. The summed E-state index contributed by atoms with van der Waals surface area (Å²) >= 11 is 0. The lowest BCUT2D eigenvalue weighted by Gasteiger charge is -2.43. The highest BCUT2D eigenvalue weighted by molar-refractivity contribution is 5.00. The summed E-state index contributed by atoms with van der Waals surface area (Å²) in [6.45, 7) is 1.17. The minimum atomic E-state index is 0.494. The Morgan fingerprint density at radius 1 is 0.714 bits per heavy atom. The van der Waals surface area contributed by atoms with Crippen molar-refractivity contribution in [1.82, 2.24) is 10.9 Å². The Kier molecular flexibility index (Phi) is 2.10. The molecule has 1 aliphatic heterocycles. The predicted molar refractivity (Wildman–Crippen MR) is 57.9 cm³/mol. The van der Waals surface area contributed by atoms with Gasteiger partial charge in [-0.05, 0) is 50.4 Å². The number of hydrazine groups is 1. The van der Waals surface area contributed by atoms with E-state index in [1.54, 1.807) is 0 Å². The molecule has 1 saturated heterocycles. The van der Waals surface area contributed by atoms with Crippen LogP contribution >= 0.6 is 0 Å². The van der Waals surface area contributed by atoms with Gasteiger partial charge in [0.05, 0.1) is 0 Å². The molecule has 2 nitrogen and oxygen atoms in total. The SMILES string of the molecule is C1CCC2(C1)CCC1(CCNN1)CC2. The highest BCUT2D eigenvalue weighted by atomic mass is 15.4. The highest BCUT2D eigenvalue weighted by Crippen LogP contribution is 2.51. The fourth-order valence-electron chi connectivity index (χ4n) is 3.87. The van der Waals surface area contributed by atoms with E-state index in [2.05, 4.69) is 10.9 Å². The van der Waals surface area contributed by atoms with E-state index in [9.17, 15) is 0 Å². The van der Waals surface area contributed by atoms with Crippen molar-refractivity contribution in [2.45, 2.75) is 63.3 Å². The minimum absolute atomic E-state index is 0.494. The van der Waals surface area contributed by atoms with Crippen molar-refractivity contribution < 1.29 is 0 Å². The summed E-state index contributed by atoms with van der Waals surface area (Å²) in [7, 11) is 0. The average molecular weight is 194 g/mol. The van der Waals surface area contributed by atoms with Crippen molar-refractivity contribution >= 4 is 0 Å². The van der Waals surface area contributed by atoms with E-state index in [0.717, 1.165) is 5.41 Å². The van der Waals surface area contributed by atoms with Crippen LogP contribution in [0.25, 0.3) is 0 Å². The summed E-state index contributed by atoms with van der Waals surface area (Å²) in [6.07, 6.45) is 13.2. The molecule has 0 aromatic rings. The Balaban J connectivity index is 1.66. The lowest BCUT2D eigenvalue weighted by atomic mass is 9.66. The molecule has 2 heteroatoms. The van der Waals surface area contributed by atoms with Crippen LogP contribution in [0.5, 0.6) is 0 Å². The van der Waals surface area contributed by atoms with Gasteiger partial charge in [-0.15, -0.1) is 0 Å². The van der Waals surface area contributed by atoms with Crippen molar-refractivity contribution in [3.05, 3.63) is 0 Å². The summed E-state index contributed by atoms with van der Waals surface area (Å²) in [6, 6.07) is 0. The first-order chi connectivity index (χ1) is 6.83. The van der Waals surface area contributed by atoms with E-state index >= 15 is 0 Å². The van der Waals surface area contributed by atoms with E-state index in [4.69, 9.17) is 0 Å². The summed E-state index contributed by atoms with van der Waals surface area (Å²) < 4.78 is 0. The number of hydrogen-bond acceptors (Lipinski definition) is 2. The summed E-state index contributed by atoms with van der Waals surface area (Å²) in [5.74, 6) is 0. The molecular formula is C12H22N2. The van der Waals surface area contributed by atoms with Gasteiger partial charge in [0.2, 0.25) is 0 Å². The van der Waals surface area contributed by atoms with E-state index in [0.29, 0.717) is 5.54 Å². The zero-order valence-corrected chi connectivity index (χ0v) is 9.07. The predicted octanol–water partition coefficient (Wildman–Crippen LogP) is 2.36. The molecule has 0 aromatic heterocycles. The molecule has 80 valence electrons. The van der Waals surface area contributed by atoms with Gasteiger partial charge < -0.3 is 0 Å². The Labute approximate surface area is 86.8 Å². The van der Waals surface area contributed by atoms with Crippen molar-refractivity contribution in [3.63, 3.8) is 0 Å². The van der Waals surface area contributed by atoms with Crippen molar-refractivity contribution in [1.29, 1.82) is 0 Å². The molecule has 0 atom stereocenters. The fourth-order valence-corrected chi connectivity index (χ4v) is 3.87. The third kappa shape index (κ3) is 1.40. The van der Waals surface area contributed by atoms with E-state index in [1.165, 1.54) is 64.3 Å². The third-order valence-electron chi connectivity index (χ3n) is 5.01. The van der Waals surface area contributed by atoms with Crippen LogP contribution in [0, 0.1) is 5.41 Å². The van der Waals surface area contributed by atoms with Gasteiger partial charge in [-0.1, -0.05) is 12.8 Å². The molecule has 3 rings (SSSR count). The molecule has 0 radical (unpaired) electrons. The van der Waals surface area contributed by atoms with Gasteiger partial charge >= 0.3 is 0 Å².